The summed E-state index contributed by atoms with van der Waals surface area (Å²) in [6.45, 7) is -1.32. The van der Waals surface area contributed by atoms with Crippen LogP contribution in [0.4, 0.5) is 8.78 Å². The number of ether oxygens (including phenoxy) is 1. The maximum atomic E-state index is 13.1. The molecule has 0 saturated carbocycles. The van der Waals surface area contributed by atoms with Crippen molar-refractivity contribution in [1.82, 2.24) is 24.6 Å². The van der Waals surface area contributed by atoms with Crippen LogP contribution in [0.25, 0.3) is 21.8 Å². The largest absolute Gasteiger partial charge is 0.486 e. The Balaban J connectivity index is 1.48. The van der Waals surface area contributed by atoms with Crippen molar-refractivity contribution in [2.24, 2.45) is 0 Å². The van der Waals surface area contributed by atoms with Crippen molar-refractivity contribution < 1.29 is 28.5 Å². The molecule has 3 N–H and O–H groups in total. The van der Waals surface area contributed by atoms with Crippen LogP contribution < -0.4 is 10.3 Å². The molecule has 2 aromatic heterocycles. The van der Waals surface area contributed by atoms with E-state index in [4.69, 9.17) is 4.74 Å². The number of fused-ring (bicyclic) bond motifs is 2. The summed E-state index contributed by atoms with van der Waals surface area (Å²) < 4.78 is 31.3. The second-order valence-corrected chi connectivity index (χ2v) is 8.93. The second kappa shape index (κ2) is 10.2. The Morgan fingerprint density at radius 3 is 2.61 bits per heavy atom. The van der Waals surface area contributed by atoms with Crippen LogP contribution in [0.5, 0.6) is 5.75 Å². The minimum absolute atomic E-state index is 0.00821. The first-order valence-corrected chi connectivity index (χ1v) is 11.7. The number of aromatic nitrogens is 4. The van der Waals surface area contributed by atoms with Crippen LogP contribution in [-0.4, -0.2) is 79.1 Å². The molecule has 1 aliphatic rings. The summed E-state index contributed by atoms with van der Waals surface area (Å²) in [7, 11) is 0. The Hall–Kier alpha value is -4.41. The van der Waals surface area contributed by atoms with Crippen molar-refractivity contribution in [3.63, 3.8) is 0 Å². The number of rotatable bonds is 7. The maximum absolute atomic E-state index is 13.1. The van der Waals surface area contributed by atoms with Gasteiger partial charge in [-0.3, -0.25) is 9.59 Å². The van der Waals surface area contributed by atoms with Gasteiger partial charge in [-0.05, 0) is 12.1 Å². The number of hydrogen-bond acceptors (Lipinski definition) is 8. The summed E-state index contributed by atoms with van der Waals surface area (Å²) in [5.74, 6) is -0.0541. The number of hydrogen-bond donors (Lipinski definition) is 3. The predicted molar refractivity (Wildman–Crippen MR) is 130 cm³/mol. The number of H-pyrrole nitrogens is 1. The standard InChI is InChI=1S/C25H22F2N6O5/c26-22(27)12-38-21-6-18-17(5-13(21)8-28)29-23(30-18)7-16-14-3-1-2-4-15(14)25(37)33(31-16)11-24(36)32-9-19(34)20(35)10-32/h1-6,19-20,22,34-35H,7,9-12H2,(H,29,30)/t19-,20-/m0/s1. The Morgan fingerprint density at radius 2 is 1.92 bits per heavy atom. The number of aliphatic hydroxyl groups is 2. The molecule has 2 aromatic carbocycles. The van der Waals surface area contributed by atoms with Crippen LogP contribution in [0.3, 0.4) is 0 Å². The Bertz CT molecular complexity index is 1620. The van der Waals surface area contributed by atoms with Gasteiger partial charge in [0, 0.05) is 24.5 Å². The SMILES string of the molecule is N#Cc1cc2[nH]c(Cc3nn(CC(=O)N4C[C@H](O)[C@@H](O)C4)c(=O)c4ccccc34)nc2cc1OCC(F)F. The van der Waals surface area contributed by atoms with Gasteiger partial charge in [-0.15, -0.1) is 0 Å². The van der Waals surface area contributed by atoms with E-state index in [0.29, 0.717) is 33.3 Å². The van der Waals surface area contributed by atoms with E-state index in [1.807, 2.05) is 6.07 Å². The van der Waals surface area contributed by atoms with Gasteiger partial charge in [0.2, 0.25) is 5.91 Å². The molecule has 4 aromatic rings. The number of aliphatic hydroxyl groups excluding tert-OH is 2. The zero-order chi connectivity index (χ0) is 27.0. The van der Waals surface area contributed by atoms with Gasteiger partial charge >= 0.3 is 0 Å². The lowest BCUT2D eigenvalue weighted by molar-refractivity contribution is -0.131. The molecule has 38 heavy (non-hydrogen) atoms. The number of carbonyl (C=O) groups is 1. The fourth-order valence-corrected chi connectivity index (χ4v) is 4.44. The fraction of sp³-hybridized carbons (Fsp3) is 0.320. The first-order valence-electron chi connectivity index (χ1n) is 11.7. The second-order valence-electron chi connectivity index (χ2n) is 8.93. The maximum Gasteiger partial charge on any atom is 0.275 e. The molecule has 0 aliphatic carbocycles. The molecule has 1 saturated heterocycles. The van der Waals surface area contributed by atoms with Gasteiger partial charge in [-0.2, -0.15) is 10.4 Å². The molecule has 0 unspecified atom stereocenters. The third-order valence-corrected chi connectivity index (χ3v) is 6.29. The molecule has 0 radical (unpaired) electrons. The summed E-state index contributed by atoms with van der Waals surface area (Å²) in [6, 6.07) is 11.6. The zero-order valence-electron chi connectivity index (χ0n) is 19.8. The number of nitriles is 1. The summed E-state index contributed by atoms with van der Waals surface area (Å²) in [4.78, 5) is 34.7. The fourth-order valence-electron chi connectivity index (χ4n) is 4.44. The summed E-state index contributed by atoms with van der Waals surface area (Å²) in [5, 5.41) is 34.2. The number of imidazole rings is 1. The van der Waals surface area contributed by atoms with Crippen molar-refractivity contribution >= 4 is 27.7 Å². The average molecular weight is 524 g/mol. The topological polar surface area (TPSA) is 157 Å². The van der Waals surface area contributed by atoms with Crippen LogP contribution in [0.1, 0.15) is 17.1 Å². The summed E-state index contributed by atoms with van der Waals surface area (Å²) >= 11 is 0. The minimum atomic E-state index is -2.70. The van der Waals surface area contributed by atoms with Crippen molar-refractivity contribution in [3.05, 3.63) is 63.8 Å². The molecule has 0 spiro atoms. The highest BCUT2D eigenvalue weighted by Gasteiger charge is 2.32. The van der Waals surface area contributed by atoms with Gasteiger partial charge in [0.15, 0.2) is 0 Å². The Labute approximate surface area is 213 Å². The monoisotopic (exact) mass is 524 g/mol. The molecule has 3 heterocycles. The molecule has 1 aliphatic heterocycles. The zero-order valence-corrected chi connectivity index (χ0v) is 19.8. The van der Waals surface area contributed by atoms with Gasteiger partial charge < -0.3 is 24.8 Å². The quantitative estimate of drug-likeness (QED) is 0.322. The van der Waals surface area contributed by atoms with E-state index in [1.54, 1.807) is 24.3 Å². The number of amides is 1. The number of halogens is 2. The Morgan fingerprint density at radius 1 is 1.21 bits per heavy atom. The Kier molecular flexibility index (Phi) is 6.75. The van der Waals surface area contributed by atoms with Crippen LogP contribution in [-0.2, 0) is 17.8 Å². The molecule has 2 atom stereocenters. The number of alkyl halides is 2. The normalized spacial score (nSPS) is 17.4. The van der Waals surface area contributed by atoms with Crippen molar-refractivity contribution in [1.29, 1.82) is 5.26 Å². The highest BCUT2D eigenvalue weighted by molar-refractivity contribution is 5.85. The van der Waals surface area contributed by atoms with E-state index in [-0.39, 0.29) is 37.4 Å². The van der Waals surface area contributed by atoms with Gasteiger partial charge in [0.1, 0.15) is 30.8 Å². The number of nitrogens with zero attached hydrogens (tertiary/aromatic N) is 5. The highest BCUT2D eigenvalue weighted by atomic mass is 19.3. The van der Waals surface area contributed by atoms with Crippen LogP contribution in [0.15, 0.2) is 41.2 Å². The lowest BCUT2D eigenvalue weighted by Crippen LogP contribution is -2.37. The van der Waals surface area contributed by atoms with Crippen molar-refractivity contribution in [3.8, 4) is 11.8 Å². The van der Waals surface area contributed by atoms with E-state index in [1.165, 1.54) is 17.0 Å². The number of aromatic amines is 1. The molecule has 196 valence electrons. The molecule has 11 nitrogen and oxygen atoms in total. The minimum Gasteiger partial charge on any atom is -0.486 e. The van der Waals surface area contributed by atoms with Gasteiger partial charge in [-0.25, -0.2) is 18.4 Å². The summed E-state index contributed by atoms with van der Waals surface area (Å²) in [5.41, 5.74) is 0.925. The van der Waals surface area contributed by atoms with E-state index >= 15 is 0 Å². The average Bonchev–Trinajstić information content (AvgIpc) is 3.45. The van der Waals surface area contributed by atoms with Crippen molar-refractivity contribution in [2.45, 2.75) is 31.6 Å². The van der Waals surface area contributed by atoms with E-state index in [9.17, 15) is 33.8 Å². The third-order valence-electron chi connectivity index (χ3n) is 6.29. The number of nitrogens with one attached hydrogen (secondary N) is 1. The number of likely N-dealkylation sites (tertiary alicyclic amines) is 1. The number of benzene rings is 2. The molecule has 13 heteroatoms. The first kappa shape index (κ1) is 25.2. The van der Waals surface area contributed by atoms with Crippen LogP contribution >= 0.6 is 0 Å². The van der Waals surface area contributed by atoms with E-state index in [0.717, 1.165) is 4.68 Å². The number of carbonyl (C=O) groups excluding carboxylic acids is 1. The predicted octanol–water partition coefficient (Wildman–Crippen LogP) is 0.943. The van der Waals surface area contributed by atoms with Gasteiger partial charge in [-0.1, -0.05) is 18.2 Å². The summed E-state index contributed by atoms with van der Waals surface area (Å²) in [6.07, 6.45) is -4.67. The smallest absolute Gasteiger partial charge is 0.275 e. The highest BCUT2D eigenvalue weighted by Crippen LogP contribution is 2.26. The lowest BCUT2D eigenvalue weighted by atomic mass is 10.1. The van der Waals surface area contributed by atoms with Gasteiger partial charge in [0.05, 0.1) is 46.3 Å². The molecule has 1 fully saturated rings. The van der Waals surface area contributed by atoms with Gasteiger partial charge in [0.25, 0.3) is 12.0 Å². The molecular formula is C25H22F2N6O5. The third kappa shape index (κ3) is 4.91. The first-order chi connectivity index (χ1) is 18.2. The molecule has 5 rings (SSSR count). The number of β-amino-alcohol motifs (C(OH)–C–C–N with tert-alkyl or cyclic N) is 2. The van der Waals surface area contributed by atoms with E-state index < -0.39 is 36.7 Å². The van der Waals surface area contributed by atoms with E-state index in [2.05, 4.69) is 15.1 Å². The van der Waals surface area contributed by atoms with Crippen LogP contribution in [0, 0.1) is 11.3 Å². The van der Waals surface area contributed by atoms with Crippen molar-refractivity contribution in [2.75, 3.05) is 19.7 Å². The molecule has 0 bridgehead atoms. The van der Waals surface area contributed by atoms with Crippen LogP contribution in [0.2, 0.25) is 0 Å². The lowest BCUT2D eigenvalue weighted by Gasteiger charge is -2.16. The molecule has 1 amide bonds. The molecular weight excluding hydrogens is 502 g/mol.